The zero-order valence-electron chi connectivity index (χ0n) is 15.9. The van der Waals surface area contributed by atoms with Crippen molar-refractivity contribution in [2.45, 2.75) is 57.9 Å². The zero-order valence-corrected chi connectivity index (χ0v) is 15.9. The topological polar surface area (TPSA) is 62.5 Å². The van der Waals surface area contributed by atoms with Crippen LogP contribution in [-0.2, 0) is 0 Å². The first-order chi connectivity index (χ1) is 12.7. The number of hydrogen-bond donors (Lipinski definition) is 1. The van der Waals surface area contributed by atoms with Crippen LogP contribution in [0.15, 0.2) is 12.4 Å². The molecule has 6 nitrogen and oxygen atoms in total. The number of rotatable bonds is 4. The lowest BCUT2D eigenvalue weighted by molar-refractivity contribution is -0.0221. The molecule has 0 radical (unpaired) electrons. The van der Waals surface area contributed by atoms with Gasteiger partial charge in [0.05, 0.1) is 0 Å². The number of nitrogens with zero attached hydrogens (tertiary/aromatic N) is 4. The first-order valence-electron chi connectivity index (χ1n) is 9.46. The lowest BCUT2D eigenvalue weighted by Gasteiger charge is -2.32. The first-order valence-corrected chi connectivity index (χ1v) is 9.46. The van der Waals surface area contributed by atoms with Crippen molar-refractivity contribution in [1.29, 1.82) is 0 Å². The van der Waals surface area contributed by atoms with Crippen molar-refractivity contribution in [3.63, 3.8) is 0 Å². The van der Waals surface area contributed by atoms with Crippen LogP contribution in [0, 0.1) is 12.8 Å². The number of alkyl halides is 2. The summed E-state index contributed by atoms with van der Waals surface area (Å²) < 4.78 is 28.7. The van der Waals surface area contributed by atoms with Crippen molar-refractivity contribution < 1.29 is 13.6 Å². The first kappa shape index (κ1) is 18.1. The van der Waals surface area contributed by atoms with Crippen LogP contribution >= 0.6 is 0 Å². The second-order valence-corrected chi connectivity index (χ2v) is 8.34. The molecule has 0 unspecified atom stereocenters. The zero-order chi connectivity index (χ0) is 19.4. The molecule has 0 bridgehead atoms. The average Bonchev–Trinajstić information content (AvgIpc) is 3.35. The summed E-state index contributed by atoms with van der Waals surface area (Å²) in [6, 6.07) is 1.86. The lowest BCUT2D eigenvalue weighted by atomic mass is 9.98. The predicted octanol–water partition coefficient (Wildman–Crippen LogP) is 3.19. The normalized spacial score (nSPS) is 20.1. The van der Waals surface area contributed by atoms with E-state index in [1.54, 1.807) is 10.7 Å². The molecule has 2 aromatic rings. The van der Waals surface area contributed by atoms with Crippen molar-refractivity contribution in [3.05, 3.63) is 23.8 Å². The van der Waals surface area contributed by atoms with Crippen LogP contribution in [0.25, 0.3) is 5.65 Å². The molecule has 1 saturated carbocycles. The maximum absolute atomic E-state index is 13.5. The molecular weight excluding hydrogens is 352 g/mol. The van der Waals surface area contributed by atoms with Crippen molar-refractivity contribution >= 4 is 17.4 Å². The Kier molecular flexibility index (Phi) is 4.12. The Balaban J connectivity index is 1.63. The molecule has 1 aliphatic carbocycles. The minimum atomic E-state index is -2.61. The largest absolute Gasteiger partial charge is 0.356 e. The summed E-state index contributed by atoms with van der Waals surface area (Å²) in [4.78, 5) is 23.5. The van der Waals surface area contributed by atoms with Gasteiger partial charge in [0, 0.05) is 43.2 Å². The maximum atomic E-state index is 13.5. The van der Waals surface area contributed by atoms with E-state index in [1.165, 1.54) is 0 Å². The maximum Gasteiger partial charge on any atom is 0.274 e. The van der Waals surface area contributed by atoms with Gasteiger partial charge in [-0.2, -0.15) is 0 Å². The second kappa shape index (κ2) is 6.14. The number of anilines is 1. The summed E-state index contributed by atoms with van der Waals surface area (Å²) >= 11 is 0. The summed E-state index contributed by atoms with van der Waals surface area (Å²) in [6.07, 6.45) is 3.48. The Morgan fingerprint density at radius 2 is 1.96 bits per heavy atom. The van der Waals surface area contributed by atoms with Gasteiger partial charge in [-0.25, -0.2) is 18.7 Å². The van der Waals surface area contributed by atoms with Crippen LogP contribution < -0.4 is 10.2 Å². The Labute approximate surface area is 157 Å². The summed E-state index contributed by atoms with van der Waals surface area (Å²) in [6.45, 7) is 6.45. The number of fused-ring (bicyclic) bond motifs is 1. The van der Waals surface area contributed by atoms with Gasteiger partial charge in [-0.15, -0.1) is 0 Å². The summed E-state index contributed by atoms with van der Waals surface area (Å²) in [5.41, 5.74) is 1.32. The van der Waals surface area contributed by atoms with Gasteiger partial charge in [-0.3, -0.25) is 9.20 Å². The van der Waals surface area contributed by atoms with Gasteiger partial charge in [-0.05, 0) is 39.5 Å². The van der Waals surface area contributed by atoms with Gasteiger partial charge in [0.1, 0.15) is 12.1 Å². The van der Waals surface area contributed by atoms with Crippen LogP contribution in [-0.4, -0.2) is 44.8 Å². The summed E-state index contributed by atoms with van der Waals surface area (Å²) in [5, 5.41) is 3.07. The number of amides is 1. The number of carbonyl (C=O) groups is 1. The monoisotopic (exact) mass is 377 g/mol. The molecule has 2 fully saturated rings. The molecule has 8 heteroatoms. The van der Waals surface area contributed by atoms with Crippen molar-refractivity contribution in [2.24, 2.45) is 5.92 Å². The van der Waals surface area contributed by atoms with E-state index < -0.39 is 5.92 Å². The number of aromatic nitrogens is 3. The van der Waals surface area contributed by atoms with Gasteiger partial charge in [0.2, 0.25) is 0 Å². The van der Waals surface area contributed by atoms with Crippen LogP contribution in [0.4, 0.5) is 14.6 Å². The predicted molar refractivity (Wildman–Crippen MR) is 98.4 cm³/mol. The third-order valence-corrected chi connectivity index (χ3v) is 5.75. The molecule has 146 valence electrons. The number of hydrogen-bond acceptors (Lipinski definition) is 4. The van der Waals surface area contributed by atoms with E-state index >= 15 is 0 Å². The van der Waals surface area contributed by atoms with Crippen molar-refractivity contribution in [1.82, 2.24) is 19.7 Å². The molecule has 3 heterocycles. The SMILES string of the molecule is Cc1cc(N2CCC(F)(F)CC2)nc2c(C(=O)NC(C)(C)C3CC3)ncn12. The van der Waals surface area contributed by atoms with Gasteiger partial charge in [0.15, 0.2) is 11.3 Å². The van der Waals surface area contributed by atoms with Gasteiger partial charge >= 0.3 is 0 Å². The fourth-order valence-electron chi connectivity index (χ4n) is 3.75. The van der Waals surface area contributed by atoms with Gasteiger partial charge in [0.25, 0.3) is 11.8 Å². The Hall–Kier alpha value is -2.25. The molecule has 4 rings (SSSR count). The van der Waals surface area contributed by atoms with E-state index in [4.69, 9.17) is 0 Å². The van der Waals surface area contributed by atoms with Crippen LogP contribution in [0.3, 0.4) is 0 Å². The molecule has 1 N–H and O–H groups in total. The molecule has 1 saturated heterocycles. The Bertz CT molecular complexity index is 878. The molecular formula is C19H25F2N5O. The number of halogens is 2. The lowest BCUT2D eigenvalue weighted by Crippen LogP contribution is -2.45. The minimum absolute atomic E-state index is 0.179. The van der Waals surface area contributed by atoms with Crippen molar-refractivity contribution in [2.75, 3.05) is 18.0 Å². The van der Waals surface area contributed by atoms with E-state index in [0.29, 0.717) is 17.4 Å². The van der Waals surface area contributed by atoms with E-state index in [9.17, 15) is 13.6 Å². The molecule has 0 atom stereocenters. The summed E-state index contributed by atoms with van der Waals surface area (Å²) in [7, 11) is 0. The molecule has 0 spiro atoms. The van der Waals surface area contributed by atoms with Gasteiger partial charge < -0.3 is 10.2 Å². The number of carbonyl (C=O) groups excluding carboxylic acids is 1. The van der Waals surface area contributed by atoms with Crippen LogP contribution in [0.1, 0.15) is 55.7 Å². The van der Waals surface area contributed by atoms with E-state index in [-0.39, 0.29) is 43.1 Å². The quantitative estimate of drug-likeness (QED) is 0.889. The Morgan fingerprint density at radius 3 is 2.59 bits per heavy atom. The second-order valence-electron chi connectivity index (χ2n) is 8.34. The molecule has 1 amide bonds. The van der Waals surface area contributed by atoms with Gasteiger partial charge in [-0.1, -0.05) is 0 Å². The summed E-state index contributed by atoms with van der Waals surface area (Å²) in [5.74, 6) is -1.74. The van der Waals surface area contributed by atoms with E-state index in [2.05, 4.69) is 15.3 Å². The number of piperidine rings is 1. The van der Waals surface area contributed by atoms with E-state index in [1.807, 2.05) is 31.7 Å². The fraction of sp³-hybridized carbons (Fsp3) is 0.632. The standard InChI is InChI=1S/C19H25F2N5O/c1-12-10-14(25-8-6-19(20,21)7-9-25)23-16-15(22-11-26(12)16)17(27)24-18(2,3)13-4-5-13/h10-11,13H,4-9H2,1-3H3,(H,24,27). The molecule has 2 aromatic heterocycles. The number of aryl methyl sites for hydroxylation is 1. The van der Waals surface area contributed by atoms with E-state index in [0.717, 1.165) is 18.5 Å². The Morgan fingerprint density at radius 1 is 1.30 bits per heavy atom. The molecule has 2 aliphatic rings. The highest BCUT2D eigenvalue weighted by Crippen LogP contribution is 2.39. The highest BCUT2D eigenvalue weighted by molar-refractivity contribution is 5.98. The third-order valence-electron chi connectivity index (χ3n) is 5.75. The molecule has 27 heavy (non-hydrogen) atoms. The van der Waals surface area contributed by atoms with Crippen LogP contribution in [0.2, 0.25) is 0 Å². The highest BCUT2D eigenvalue weighted by Gasteiger charge is 2.39. The third kappa shape index (κ3) is 3.49. The van der Waals surface area contributed by atoms with Crippen LogP contribution in [0.5, 0.6) is 0 Å². The smallest absolute Gasteiger partial charge is 0.274 e. The molecule has 0 aromatic carbocycles. The molecule has 1 aliphatic heterocycles. The number of nitrogens with one attached hydrogen (secondary N) is 1. The van der Waals surface area contributed by atoms with Crippen molar-refractivity contribution in [3.8, 4) is 0 Å². The highest BCUT2D eigenvalue weighted by atomic mass is 19.3. The fourth-order valence-corrected chi connectivity index (χ4v) is 3.75. The minimum Gasteiger partial charge on any atom is -0.356 e. The average molecular weight is 377 g/mol. The number of imidazole rings is 1.